The van der Waals surface area contributed by atoms with Crippen LogP contribution in [0.3, 0.4) is 0 Å². The Balaban J connectivity index is 1.71. The van der Waals surface area contributed by atoms with E-state index in [1.54, 1.807) is 0 Å². The van der Waals surface area contributed by atoms with Crippen LogP contribution in [0.15, 0.2) is 84.9 Å². The van der Waals surface area contributed by atoms with Gasteiger partial charge in [-0.15, -0.1) is 0 Å². The Bertz CT molecular complexity index is 1380. The predicted octanol–water partition coefficient (Wildman–Crippen LogP) is 4.68. The van der Waals surface area contributed by atoms with Crippen molar-refractivity contribution in [1.82, 2.24) is 10.2 Å². The molecule has 0 heterocycles. The van der Waals surface area contributed by atoms with Gasteiger partial charge in [0, 0.05) is 19.0 Å². The lowest BCUT2D eigenvalue weighted by Crippen LogP contribution is -2.55. The molecule has 2 amide bonds. The number of rotatable bonds is 11. The summed E-state index contributed by atoms with van der Waals surface area (Å²) in [7, 11) is -4.02. The number of halogens is 1. The van der Waals surface area contributed by atoms with E-state index in [2.05, 4.69) is 5.32 Å². The van der Waals surface area contributed by atoms with Crippen LogP contribution < -0.4 is 9.62 Å². The summed E-state index contributed by atoms with van der Waals surface area (Å²) in [5.74, 6) is -1.64. The number of para-hydroxylation sites is 1. The van der Waals surface area contributed by atoms with Crippen LogP contribution in [0.5, 0.6) is 0 Å². The number of carbonyl (C=O) groups is 2. The SMILES string of the molecule is CS(=O)(=O)N(CC(=O)N(Cc1ccccc1)C(Cc1ccccc1)C(=O)NC1CCCCC1)c1ccccc1F. The van der Waals surface area contributed by atoms with E-state index >= 15 is 0 Å². The van der Waals surface area contributed by atoms with Crippen molar-refractivity contribution in [2.75, 3.05) is 17.1 Å². The van der Waals surface area contributed by atoms with Crippen molar-refractivity contribution in [3.05, 3.63) is 102 Å². The zero-order valence-electron chi connectivity index (χ0n) is 22.7. The van der Waals surface area contributed by atoms with Gasteiger partial charge in [0.25, 0.3) is 0 Å². The van der Waals surface area contributed by atoms with Crippen molar-refractivity contribution in [1.29, 1.82) is 0 Å². The first-order chi connectivity index (χ1) is 19.2. The molecule has 0 saturated heterocycles. The lowest BCUT2D eigenvalue weighted by Gasteiger charge is -2.35. The highest BCUT2D eigenvalue weighted by Gasteiger charge is 2.34. The van der Waals surface area contributed by atoms with Crippen molar-refractivity contribution < 1.29 is 22.4 Å². The van der Waals surface area contributed by atoms with Gasteiger partial charge in [0.1, 0.15) is 18.4 Å². The summed E-state index contributed by atoms with van der Waals surface area (Å²) in [5.41, 5.74) is 1.44. The quantitative estimate of drug-likeness (QED) is 0.366. The van der Waals surface area contributed by atoms with E-state index in [4.69, 9.17) is 0 Å². The van der Waals surface area contributed by atoms with Crippen LogP contribution in [-0.2, 0) is 32.6 Å². The number of amides is 2. The van der Waals surface area contributed by atoms with Crippen LogP contribution in [0, 0.1) is 5.82 Å². The maximum absolute atomic E-state index is 14.7. The first kappa shape index (κ1) is 29.3. The number of nitrogens with zero attached hydrogens (tertiary/aromatic N) is 2. The monoisotopic (exact) mass is 565 g/mol. The summed E-state index contributed by atoms with van der Waals surface area (Å²) < 4.78 is 41.0. The van der Waals surface area contributed by atoms with Crippen LogP contribution in [0.4, 0.5) is 10.1 Å². The Morgan fingerprint density at radius 1 is 0.875 bits per heavy atom. The molecule has 1 unspecified atom stereocenters. The fraction of sp³-hybridized carbons (Fsp3) is 0.355. The number of nitrogens with one attached hydrogen (secondary N) is 1. The maximum Gasteiger partial charge on any atom is 0.244 e. The van der Waals surface area contributed by atoms with Crippen molar-refractivity contribution in [3.8, 4) is 0 Å². The molecular formula is C31H36FN3O4S. The zero-order chi connectivity index (χ0) is 28.5. The predicted molar refractivity (Wildman–Crippen MR) is 155 cm³/mol. The number of hydrogen-bond acceptors (Lipinski definition) is 4. The standard InChI is InChI=1S/C31H36FN3O4S/c1-40(38,39)35(28-20-12-11-19-27(28)32)23-30(36)34(22-25-15-7-3-8-16-25)29(21-24-13-5-2-6-14-24)31(37)33-26-17-9-4-10-18-26/h2-3,5-8,11-16,19-20,26,29H,4,9-10,17-18,21-23H2,1H3,(H,33,37). The highest BCUT2D eigenvalue weighted by molar-refractivity contribution is 7.92. The lowest BCUT2D eigenvalue weighted by atomic mass is 9.94. The molecule has 0 spiro atoms. The number of hydrogen-bond donors (Lipinski definition) is 1. The summed E-state index contributed by atoms with van der Waals surface area (Å²) in [5, 5.41) is 3.16. The van der Waals surface area contributed by atoms with Crippen LogP contribution in [0.25, 0.3) is 0 Å². The molecule has 0 aromatic heterocycles. The molecule has 3 aromatic rings. The number of carbonyl (C=O) groups excluding carboxylic acids is 2. The molecule has 1 atom stereocenters. The van der Waals surface area contributed by atoms with Gasteiger partial charge in [-0.25, -0.2) is 12.8 Å². The molecule has 9 heteroatoms. The van der Waals surface area contributed by atoms with Gasteiger partial charge < -0.3 is 10.2 Å². The van der Waals surface area contributed by atoms with E-state index in [0.717, 1.165) is 59.9 Å². The highest BCUT2D eigenvalue weighted by Crippen LogP contribution is 2.24. The second kappa shape index (κ2) is 13.6. The third kappa shape index (κ3) is 7.91. The van der Waals surface area contributed by atoms with Crippen LogP contribution in [-0.4, -0.2) is 50.0 Å². The molecule has 1 fully saturated rings. The van der Waals surface area contributed by atoms with Gasteiger partial charge in [-0.3, -0.25) is 13.9 Å². The average molecular weight is 566 g/mol. The Morgan fingerprint density at radius 3 is 2.05 bits per heavy atom. The third-order valence-corrected chi connectivity index (χ3v) is 8.35. The number of anilines is 1. The maximum atomic E-state index is 14.7. The van der Waals surface area contributed by atoms with Gasteiger partial charge in [-0.05, 0) is 36.1 Å². The minimum atomic E-state index is -4.02. The molecule has 4 rings (SSSR count). The van der Waals surface area contributed by atoms with Crippen LogP contribution in [0.2, 0.25) is 0 Å². The lowest BCUT2D eigenvalue weighted by molar-refractivity contribution is -0.140. The normalized spacial score (nSPS) is 14.8. The van der Waals surface area contributed by atoms with E-state index in [1.165, 1.54) is 23.1 Å². The van der Waals surface area contributed by atoms with Gasteiger partial charge in [0.15, 0.2) is 0 Å². The highest BCUT2D eigenvalue weighted by atomic mass is 32.2. The molecule has 1 aliphatic rings. The van der Waals surface area contributed by atoms with Gasteiger partial charge in [0.2, 0.25) is 21.8 Å². The van der Waals surface area contributed by atoms with E-state index in [-0.39, 0.29) is 30.6 Å². The third-order valence-electron chi connectivity index (χ3n) is 7.22. The smallest absolute Gasteiger partial charge is 0.244 e. The molecule has 1 aliphatic carbocycles. The van der Waals surface area contributed by atoms with Gasteiger partial charge in [0.05, 0.1) is 11.9 Å². The molecule has 0 aliphatic heterocycles. The first-order valence-corrected chi connectivity index (χ1v) is 15.5. The van der Waals surface area contributed by atoms with Crippen LogP contribution >= 0.6 is 0 Å². The summed E-state index contributed by atoms with van der Waals surface area (Å²) in [6, 6.07) is 23.2. The summed E-state index contributed by atoms with van der Waals surface area (Å²) in [4.78, 5) is 29.3. The first-order valence-electron chi connectivity index (χ1n) is 13.6. The minimum absolute atomic E-state index is 0.0270. The Labute approximate surface area is 236 Å². The van der Waals surface area contributed by atoms with E-state index < -0.39 is 34.3 Å². The van der Waals surface area contributed by atoms with Crippen LogP contribution in [0.1, 0.15) is 43.2 Å². The second-order valence-corrected chi connectivity index (χ2v) is 12.2. The minimum Gasteiger partial charge on any atom is -0.352 e. The number of benzene rings is 3. The molecule has 3 aromatic carbocycles. The van der Waals surface area contributed by atoms with Crippen molar-refractivity contribution in [2.24, 2.45) is 0 Å². The van der Waals surface area contributed by atoms with Crippen molar-refractivity contribution in [3.63, 3.8) is 0 Å². The summed E-state index contributed by atoms with van der Waals surface area (Å²) in [6.45, 7) is -0.557. The Kier molecular flexibility index (Phi) is 9.93. The molecule has 0 bridgehead atoms. The topological polar surface area (TPSA) is 86.8 Å². The molecule has 1 saturated carbocycles. The van der Waals surface area contributed by atoms with E-state index in [0.29, 0.717) is 0 Å². The largest absolute Gasteiger partial charge is 0.352 e. The molecular weight excluding hydrogens is 529 g/mol. The molecule has 40 heavy (non-hydrogen) atoms. The fourth-order valence-corrected chi connectivity index (χ4v) is 5.98. The van der Waals surface area contributed by atoms with Gasteiger partial charge in [-0.2, -0.15) is 0 Å². The van der Waals surface area contributed by atoms with Crippen molar-refractivity contribution in [2.45, 2.75) is 57.2 Å². The average Bonchev–Trinajstić information content (AvgIpc) is 2.95. The number of sulfonamides is 1. The zero-order valence-corrected chi connectivity index (χ0v) is 23.5. The summed E-state index contributed by atoms with van der Waals surface area (Å²) in [6.07, 6.45) is 6.15. The van der Waals surface area contributed by atoms with Gasteiger partial charge in [-0.1, -0.05) is 92.1 Å². The van der Waals surface area contributed by atoms with Crippen molar-refractivity contribution >= 4 is 27.5 Å². The van der Waals surface area contributed by atoms with Gasteiger partial charge >= 0.3 is 0 Å². The molecule has 212 valence electrons. The molecule has 0 radical (unpaired) electrons. The Morgan fingerprint density at radius 2 is 1.45 bits per heavy atom. The summed E-state index contributed by atoms with van der Waals surface area (Å²) >= 11 is 0. The van der Waals surface area contributed by atoms with E-state index in [1.807, 2.05) is 60.7 Å². The second-order valence-electron chi connectivity index (χ2n) is 10.3. The van der Waals surface area contributed by atoms with E-state index in [9.17, 15) is 22.4 Å². The molecule has 7 nitrogen and oxygen atoms in total. The Hall–Kier alpha value is -3.72. The fourth-order valence-electron chi connectivity index (χ4n) is 5.13. The molecule has 1 N–H and O–H groups in total.